The van der Waals surface area contributed by atoms with Crippen LogP contribution in [0.5, 0.6) is 5.75 Å². The molecule has 2 N–H and O–H groups in total. The molecule has 1 aromatic carbocycles. The quantitative estimate of drug-likeness (QED) is 0.447. The molecule has 3 rings (SSSR count). The van der Waals surface area contributed by atoms with Gasteiger partial charge in [0.1, 0.15) is 0 Å². The van der Waals surface area contributed by atoms with Gasteiger partial charge in [-0.25, -0.2) is 9.78 Å². The van der Waals surface area contributed by atoms with Crippen molar-refractivity contribution in [3.8, 4) is 5.75 Å². The molecule has 0 aliphatic carbocycles. The Balaban J connectivity index is 2.15. The summed E-state index contributed by atoms with van der Waals surface area (Å²) in [5, 5.41) is 20.7. The summed E-state index contributed by atoms with van der Waals surface area (Å²) in [6.45, 7) is 14.6. The molecule has 2 aromatic heterocycles. The number of pyridine rings is 1. The number of benzene rings is 1. The molecule has 2 heterocycles. The molecule has 0 aliphatic rings. The second-order valence-corrected chi connectivity index (χ2v) is 14.7. The zero-order valence-corrected chi connectivity index (χ0v) is 21.1. The Labute approximate surface area is 191 Å². The third kappa shape index (κ3) is 4.59. The van der Waals surface area contributed by atoms with Crippen molar-refractivity contribution in [1.82, 2.24) is 9.38 Å². The monoisotopic (exact) mass is 454 g/mol. The maximum atomic E-state index is 12.3. The second kappa shape index (κ2) is 8.71. The number of aromatic carboxylic acids is 1. The van der Waals surface area contributed by atoms with Crippen molar-refractivity contribution >= 4 is 19.9 Å². The van der Waals surface area contributed by atoms with Crippen LogP contribution >= 0.6 is 0 Å². The van der Waals surface area contributed by atoms with Crippen LogP contribution in [-0.2, 0) is 6.42 Å². The van der Waals surface area contributed by atoms with E-state index in [1.807, 2.05) is 48.6 Å². The van der Waals surface area contributed by atoms with Gasteiger partial charge in [0.15, 0.2) is 11.4 Å². The van der Waals surface area contributed by atoms with Crippen LogP contribution in [0.25, 0.3) is 5.65 Å². The fourth-order valence-corrected chi connectivity index (χ4v) is 4.51. The lowest BCUT2D eigenvalue weighted by atomic mass is 9.98. The molecule has 0 radical (unpaired) electrons. The summed E-state index contributed by atoms with van der Waals surface area (Å²) >= 11 is 0. The molecule has 1 unspecified atom stereocenters. The normalized spacial score (nSPS) is 13.4. The number of fused-ring (bicyclic) bond motifs is 1. The first-order chi connectivity index (χ1) is 14.8. The highest BCUT2D eigenvalue weighted by Crippen LogP contribution is 2.41. The number of hydrogen-bond acceptors (Lipinski definition) is 4. The highest BCUT2D eigenvalue weighted by Gasteiger charge is 2.40. The van der Waals surface area contributed by atoms with E-state index in [9.17, 15) is 15.0 Å². The van der Waals surface area contributed by atoms with Crippen molar-refractivity contribution in [1.29, 1.82) is 0 Å². The minimum Gasteiger partial charge on any atom is -0.541 e. The van der Waals surface area contributed by atoms with Gasteiger partial charge in [-0.05, 0) is 50.4 Å². The minimum absolute atomic E-state index is 0.0687. The summed E-state index contributed by atoms with van der Waals surface area (Å²) in [4.78, 5) is 17.0. The Hall–Kier alpha value is -2.64. The van der Waals surface area contributed by atoms with Gasteiger partial charge in [-0.15, -0.1) is 0 Å². The molecule has 0 spiro atoms. The van der Waals surface area contributed by atoms with Crippen LogP contribution in [0.3, 0.4) is 0 Å². The van der Waals surface area contributed by atoms with E-state index in [0.717, 1.165) is 17.0 Å². The van der Waals surface area contributed by atoms with Gasteiger partial charge >= 0.3 is 5.97 Å². The number of imidazole rings is 1. The zero-order valence-electron chi connectivity index (χ0n) is 20.1. The van der Waals surface area contributed by atoms with Gasteiger partial charge in [0, 0.05) is 17.5 Å². The first-order valence-corrected chi connectivity index (χ1v) is 13.9. The maximum Gasteiger partial charge on any atom is 0.337 e. The average molecular weight is 455 g/mol. The Morgan fingerprint density at radius 1 is 1.19 bits per heavy atom. The summed E-state index contributed by atoms with van der Waals surface area (Å²) in [5.74, 6) is -0.477. The molecule has 0 aliphatic heterocycles. The third-order valence-corrected chi connectivity index (χ3v) is 11.0. The van der Waals surface area contributed by atoms with Gasteiger partial charge in [-0.3, -0.25) is 0 Å². The van der Waals surface area contributed by atoms with Crippen LogP contribution in [0.15, 0.2) is 36.5 Å². The van der Waals surface area contributed by atoms with E-state index in [1.165, 1.54) is 0 Å². The number of nitrogens with zero attached hydrogens (tertiary/aromatic N) is 2. The van der Waals surface area contributed by atoms with E-state index in [1.54, 1.807) is 6.20 Å². The molecular formula is C25H34N2O4Si. The molecule has 7 heteroatoms. The molecular weight excluding hydrogens is 420 g/mol. The van der Waals surface area contributed by atoms with Crippen molar-refractivity contribution in [3.63, 3.8) is 0 Å². The fraction of sp³-hybridized carbons (Fsp3) is 0.440. The predicted molar refractivity (Wildman–Crippen MR) is 129 cm³/mol. The first kappa shape index (κ1) is 24.0. The molecule has 0 saturated carbocycles. The molecule has 0 amide bonds. The molecule has 172 valence electrons. The van der Waals surface area contributed by atoms with Gasteiger partial charge < -0.3 is 19.0 Å². The second-order valence-electron chi connectivity index (χ2n) is 9.96. The Kier molecular flexibility index (Phi) is 6.54. The number of rotatable bonds is 7. The lowest BCUT2D eigenvalue weighted by Gasteiger charge is -2.37. The van der Waals surface area contributed by atoms with Crippen molar-refractivity contribution in [2.24, 2.45) is 0 Å². The Morgan fingerprint density at radius 3 is 2.38 bits per heavy atom. The fourth-order valence-electron chi connectivity index (χ4n) is 3.48. The number of carbonyl (C=O) groups is 1. The van der Waals surface area contributed by atoms with Gasteiger partial charge in [-0.1, -0.05) is 51.1 Å². The summed E-state index contributed by atoms with van der Waals surface area (Å²) in [7, 11) is -2.29. The van der Waals surface area contributed by atoms with Crippen molar-refractivity contribution < 1.29 is 19.4 Å². The molecule has 0 saturated heterocycles. The highest BCUT2D eigenvalue weighted by molar-refractivity contribution is 6.74. The van der Waals surface area contributed by atoms with Crippen LogP contribution in [-0.4, -0.2) is 33.9 Å². The molecule has 3 aromatic rings. The number of aliphatic hydroxyl groups excluding tert-OH is 1. The number of aromatic nitrogens is 2. The topological polar surface area (TPSA) is 84.1 Å². The van der Waals surface area contributed by atoms with Gasteiger partial charge in [0.05, 0.1) is 17.4 Å². The number of carboxylic acid groups (broad SMARTS) is 1. The molecule has 0 bridgehead atoms. The van der Waals surface area contributed by atoms with E-state index >= 15 is 0 Å². The van der Waals surface area contributed by atoms with Crippen molar-refractivity contribution in [3.05, 3.63) is 64.6 Å². The number of aryl methyl sites for hydroxylation is 2. The standard InChI is InChI=1S/C25H34N2O4Si/c1-16-17(2)27-15-20(24(29)30)19(13-14-21(28)18-11-9-8-10-12-18)22(23(27)26-16)31-32(6,7)25(3,4)5/h8-12,15,21,28H,13-14H2,1-7H3,(H,29,30). The molecule has 0 fully saturated rings. The van der Waals surface area contributed by atoms with Crippen LogP contribution in [0.1, 0.15) is 66.2 Å². The van der Waals surface area contributed by atoms with Crippen LogP contribution in [0.4, 0.5) is 0 Å². The predicted octanol–water partition coefficient (Wildman–Crippen LogP) is 5.70. The SMILES string of the molecule is Cc1nc2c(O[Si](C)(C)C(C)(C)C)c(CCC(O)c3ccccc3)c(C(=O)O)cn2c1C. The number of hydrogen-bond donors (Lipinski definition) is 2. The summed E-state index contributed by atoms with van der Waals surface area (Å²) in [5.41, 5.74) is 3.95. The Bertz CT molecular complexity index is 1130. The van der Waals surface area contributed by atoms with E-state index in [2.05, 4.69) is 33.9 Å². The average Bonchev–Trinajstić information content (AvgIpc) is 3.00. The maximum absolute atomic E-state index is 12.3. The Morgan fingerprint density at radius 2 is 1.81 bits per heavy atom. The van der Waals surface area contributed by atoms with Gasteiger partial charge in [0.25, 0.3) is 8.32 Å². The molecule has 1 atom stereocenters. The van der Waals surface area contributed by atoms with Gasteiger partial charge in [-0.2, -0.15) is 0 Å². The molecule has 6 nitrogen and oxygen atoms in total. The summed E-state index contributed by atoms with van der Waals surface area (Å²) in [6.07, 6.45) is 1.68. The van der Waals surface area contributed by atoms with Crippen molar-refractivity contribution in [2.45, 2.75) is 71.7 Å². The third-order valence-electron chi connectivity index (χ3n) is 6.69. The minimum atomic E-state index is -2.29. The van der Waals surface area contributed by atoms with Crippen LogP contribution in [0, 0.1) is 13.8 Å². The zero-order chi connectivity index (χ0) is 23.8. The first-order valence-electron chi connectivity index (χ1n) is 11.0. The summed E-state index contributed by atoms with van der Waals surface area (Å²) in [6, 6.07) is 9.42. The lowest BCUT2D eigenvalue weighted by molar-refractivity contribution is 0.0694. The summed E-state index contributed by atoms with van der Waals surface area (Å²) < 4.78 is 8.54. The van der Waals surface area contributed by atoms with E-state index < -0.39 is 20.4 Å². The highest BCUT2D eigenvalue weighted by atomic mass is 28.4. The number of aliphatic hydroxyl groups is 1. The van der Waals surface area contributed by atoms with E-state index in [4.69, 9.17) is 9.41 Å². The largest absolute Gasteiger partial charge is 0.541 e. The van der Waals surface area contributed by atoms with E-state index in [0.29, 0.717) is 29.8 Å². The van der Waals surface area contributed by atoms with E-state index in [-0.39, 0.29) is 10.6 Å². The van der Waals surface area contributed by atoms with Crippen LogP contribution in [0.2, 0.25) is 18.1 Å². The molecule has 32 heavy (non-hydrogen) atoms. The van der Waals surface area contributed by atoms with Crippen LogP contribution < -0.4 is 4.43 Å². The van der Waals surface area contributed by atoms with Crippen molar-refractivity contribution in [2.75, 3.05) is 0 Å². The van der Waals surface area contributed by atoms with Gasteiger partial charge in [0.2, 0.25) is 0 Å². The number of carboxylic acids is 1. The smallest absolute Gasteiger partial charge is 0.337 e. The lowest BCUT2D eigenvalue weighted by Crippen LogP contribution is -2.44.